The maximum absolute atomic E-state index is 5.94. The number of benzene rings is 1. The zero-order valence-corrected chi connectivity index (χ0v) is 13.0. The molecule has 1 saturated carbocycles. The molecule has 0 atom stereocenters. The maximum Gasteiger partial charge on any atom is 0.124 e. The SMILES string of the molecule is Brc1csc(COc2ccccc2CNC2CC2)c1. The fourth-order valence-electron chi connectivity index (χ4n) is 1.91. The van der Waals surface area contributed by atoms with Crippen molar-refractivity contribution in [2.24, 2.45) is 0 Å². The molecule has 0 bridgehead atoms. The van der Waals surface area contributed by atoms with E-state index in [1.165, 1.54) is 23.3 Å². The number of rotatable bonds is 6. The van der Waals surface area contributed by atoms with Crippen LogP contribution >= 0.6 is 27.3 Å². The molecule has 1 aromatic heterocycles. The lowest BCUT2D eigenvalue weighted by Gasteiger charge is -2.11. The van der Waals surface area contributed by atoms with Gasteiger partial charge in [0.2, 0.25) is 0 Å². The van der Waals surface area contributed by atoms with Gasteiger partial charge in [-0.2, -0.15) is 0 Å². The van der Waals surface area contributed by atoms with Crippen molar-refractivity contribution in [3.8, 4) is 5.75 Å². The van der Waals surface area contributed by atoms with Crippen LogP contribution in [0, 0.1) is 0 Å². The molecule has 0 unspecified atom stereocenters. The molecule has 1 heterocycles. The summed E-state index contributed by atoms with van der Waals surface area (Å²) in [7, 11) is 0. The van der Waals surface area contributed by atoms with Crippen LogP contribution in [-0.2, 0) is 13.2 Å². The van der Waals surface area contributed by atoms with E-state index in [2.05, 4.69) is 44.8 Å². The zero-order chi connectivity index (χ0) is 13.1. The van der Waals surface area contributed by atoms with Crippen molar-refractivity contribution >= 4 is 27.3 Å². The molecule has 19 heavy (non-hydrogen) atoms. The second-order valence-corrected chi connectivity index (χ2v) is 6.69. The lowest BCUT2D eigenvalue weighted by molar-refractivity contribution is 0.305. The van der Waals surface area contributed by atoms with Gasteiger partial charge in [0.05, 0.1) is 0 Å². The van der Waals surface area contributed by atoms with E-state index in [0.717, 1.165) is 22.8 Å². The Morgan fingerprint density at radius 1 is 1.32 bits per heavy atom. The molecule has 1 aliphatic carbocycles. The van der Waals surface area contributed by atoms with Gasteiger partial charge in [0.25, 0.3) is 0 Å². The van der Waals surface area contributed by atoms with E-state index in [1.807, 2.05) is 12.1 Å². The Labute approximate surface area is 125 Å². The summed E-state index contributed by atoms with van der Waals surface area (Å²) in [5.41, 5.74) is 1.24. The summed E-state index contributed by atoms with van der Waals surface area (Å²) in [5.74, 6) is 0.986. The molecule has 100 valence electrons. The van der Waals surface area contributed by atoms with Crippen molar-refractivity contribution in [1.29, 1.82) is 0 Å². The summed E-state index contributed by atoms with van der Waals surface area (Å²) in [4.78, 5) is 1.23. The predicted octanol–water partition coefficient (Wildman–Crippen LogP) is 4.34. The Bertz CT molecular complexity index is 551. The molecule has 0 aliphatic heterocycles. The van der Waals surface area contributed by atoms with Gasteiger partial charge >= 0.3 is 0 Å². The summed E-state index contributed by atoms with van der Waals surface area (Å²) < 4.78 is 7.06. The fraction of sp³-hybridized carbons (Fsp3) is 0.333. The van der Waals surface area contributed by atoms with Crippen molar-refractivity contribution in [3.05, 3.63) is 50.6 Å². The summed E-state index contributed by atoms with van der Waals surface area (Å²) in [5, 5.41) is 5.61. The van der Waals surface area contributed by atoms with Crippen LogP contribution in [0.15, 0.2) is 40.2 Å². The summed E-state index contributed by atoms with van der Waals surface area (Å²) in [6.45, 7) is 1.53. The van der Waals surface area contributed by atoms with Gasteiger partial charge in [-0.25, -0.2) is 0 Å². The van der Waals surface area contributed by atoms with E-state index < -0.39 is 0 Å². The van der Waals surface area contributed by atoms with Crippen molar-refractivity contribution in [1.82, 2.24) is 5.32 Å². The molecule has 1 aromatic carbocycles. The maximum atomic E-state index is 5.94. The largest absolute Gasteiger partial charge is 0.488 e. The number of halogens is 1. The van der Waals surface area contributed by atoms with Crippen molar-refractivity contribution in [2.45, 2.75) is 32.0 Å². The summed E-state index contributed by atoms with van der Waals surface area (Å²) in [6.07, 6.45) is 2.62. The highest BCUT2D eigenvalue weighted by Crippen LogP contribution is 2.25. The molecular formula is C15H16BrNOS. The van der Waals surface area contributed by atoms with Crippen molar-refractivity contribution < 1.29 is 4.74 Å². The molecule has 1 aliphatic rings. The highest BCUT2D eigenvalue weighted by Gasteiger charge is 2.20. The van der Waals surface area contributed by atoms with Gasteiger partial charge in [0.1, 0.15) is 12.4 Å². The quantitative estimate of drug-likeness (QED) is 0.846. The smallest absolute Gasteiger partial charge is 0.124 e. The van der Waals surface area contributed by atoms with Gasteiger partial charge in [-0.15, -0.1) is 11.3 Å². The molecular weight excluding hydrogens is 322 g/mol. The highest BCUT2D eigenvalue weighted by molar-refractivity contribution is 9.10. The third-order valence-corrected chi connectivity index (χ3v) is 4.79. The second-order valence-electron chi connectivity index (χ2n) is 4.78. The number of hydrogen-bond donors (Lipinski definition) is 1. The molecule has 2 nitrogen and oxygen atoms in total. The fourth-order valence-corrected chi connectivity index (χ4v) is 3.27. The molecule has 0 amide bonds. The van der Waals surface area contributed by atoms with E-state index in [-0.39, 0.29) is 0 Å². The van der Waals surface area contributed by atoms with Gasteiger partial charge < -0.3 is 10.1 Å². The normalized spacial score (nSPS) is 14.6. The molecule has 3 rings (SSSR count). The monoisotopic (exact) mass is 337 g/mol. The number of para-hydroxylation sites is 1. The lowest BCUT2D eigenvalue weighted by atomic mass is 10.2. The van der Waals surface area contributed by atoms with Gasteiger partial charge in [0, 0.05) is 32.9 Å². The molecule has 1 fully saturated rings. The highest BCUT2D eigenvalue weighted by atomic mass is 79.9. The first kappa shape index (κ1) is 13.2. The average Bonchev–Trinajstić information content (AvgIpc) is 3.17. The van der Waals surface area contributed by atoms with E-state index >= 15 is 0 Å². The lowest BCUT2D eigenvalue weighted by Crippen LogP contribution is -2.16. The topological polar surface area (TPSA) is 21.3 Å². The Hall–Kier alpha value is -0.840. The molecule has 1 N–H and O–H groups in total. The Balaban J connectivity index is 1.62. The van der Waals surface area contributed by atoms with E-state index in [4.69, 9.17) is 4.74 Å². The average molecular weight is 338 g/mol. The van der Waals surface area contributed by atoms with Gasteiger partial charge in [-0.1, -0.05) is 18.2 Å². The first-order chi connectivity index (χ1) is 9.31. The van der Waals surface area contributed by atoms with Gasteiger partial charge in [-0.3, -0.25) is 0 Å². The molecule has 0 saturated heterocycles. The van der Waals surface area contributed by atoms with Crippen LogP contribution in [0.3, 0.4) is 0 Å². The summed E-state index contributed by atoms with van der Waals surface area (Å²) in [6, 6.07) is 11.1. The van der Waals surface area contributed by atoms with Crippen LogP contribution in [0.4, 0.5) is 0 Å². The molecule has 0 radical (unpaired) electrons. The van der Waals surface area contributed by atoms with E-state index in [9.17, 15) is 0 Å². The Morgan fingerprint density at radius 3 is 2.89 bits per heavy atom. The molecule has 0 spiro atoms. The van der Waals surface area contributed by atoms with Crippen LogP contribution in [0.5, 0.6) is 5.75 Å². The zero-order valence-electron chi connectivity index (χ0n) is 10.6. The minimum Gasteiger partial charge on any atom is -0.488 e. The van der Waals surface area contributed by atoms with Crippen LogP contribution in [0.25, 0.3) is 0 Å². The molecule has 4 heteroatoms. The van der Waals surface area contributed by atoms with Crippen LogP contribution in [0.2, 0.25) is 0 Å². The van der Waals surface area contributed by atoms with Crippen molar-refractivity contribution in [3.63, 3.8) is 0 Å². The Morgan fingerprint density at radius 2 is 2.16 bits per heavy atom. The number of ether oxygens (including phenoxy) is 1. The third kappa shape index (κ3) is 3.81. The first-order valence-electron chi connectivity index (χ1n) is 6.48. The first-order valence-corrected chi connectivity index (χ1v) is 8.15. The standard InChI is InChI=1S/C15H16BrNOS/c16-12-7-14(19-10-12)9-18-15-4-2-1-3-11(15)8-17-13-5-6-13/h1-4,7,10,13,17H,5-6,8-9H2. The minimum absolute atomic E-state index is 0.636. The van der Waals surface area contributed by atoms with Crippen molar-refractivity contribution in [2.75, 3.05) is 0 Å². The number of hydrogen-bond acceptors (Lipinski definition) is 3. The predicted molar refractivity (Wildman–Crippen MR) is 82.7 cm³/mol. The Kier molecular flexibility index (Phi) is 4.21. The van der Waals surface area contributed by atoms with Crippen LogP contribution < -0.4 is 10.1 Å². The number of thiophene rings is 1. The van der Waals surface area contributed by atoms with Gasteiger partial charge in [0.15, 0.2) is 0 Å². The summed E-state index contributed by atoms with van der Waals surface area (Å²) >= 11 is 5.18. The van der Waals surface area contributed by atoms with Gasteiger partial charge in [-0.05, 0) is 40.9 Å². The van der Waals surface area contributed by atoms with E-state index in [1.54, 1.807) is 11.3 Å². The minimum atomic E-state index is 0.636. The van der Waals surface area contributed by atoms with E-state index in [0.29, 0.717) is 6.61 Å². The van der Waals surface area contributed by atoms with Crippen LogP contribution in [0.1, 0.15) is 23.3 Å². The van der Waals surface area contributed by atoms with Crippen LogP contribution in [-0.4, -0.2) is 6.04 Å². The molecule has 2 aromatic rings. The third-order valence-electron chi connectivity index (χ3n) is 3.12. The number of nitrogens with one attached hydrogen (secondary N) is 1. The second kappa shape index (κ2) is 6.07.